The predicted molar refractivity (Wildman–Crippen MR) is 86.1 cm³/mol. The SMILES string of the molecule is CCC1(C)CN(C2CCCCCC2)C2(CCCC2)CN1. The van der Waals surface area contributed by atoms with Crippen molar-refractivity contribution >= 4 is 0 Å². The molecule has 2 nitrogen and oxygen atoms in total. The first-order valence-corrected chi connectivity index (χ1v) is 9.19. The minimum Gasteiger partial charge on any atom is -0.308 e. The Morgan fingerprint density at radius 2 is 1.65 bits per heavy atom. The third-order valence-corrected chi connectivity index (χ3v) is 6.55. The maximum absolute atomic E-state index is 3.92. The molecule has 1 aliphatic heterocycles. The second-order valence-corrected chi connectivity index (χ2v) is 7.97. The summed E-state index contributed by atoms with van der Waals surface area (Å²) in [4.78, 5) is 3.01. The van der Waals surface area contributed by atoms with Crippen LogP contribution in [0.2, 0.25) is 0 Å². The summed E-state index contributed by atoms with van der Waals surface area (Å²) < 4.78 is 0. The summed E-state index contributed by atoms with van der Waals surface area (Å²) in [6.45, 7) is 7.32. The van der Waals surface area contributed by atoms with E-state index in [1.54, 1.807) is 0 Å². The van der Waals surface area contributed by atoms with Crippen molar-refractivity contribution < 1.29 is 0 Å². The van der Waals surface area contributed by atoms with Gasteiger partial charge in [-0.25, -0.2) is 0 Å². The Labute approximate surface area is 125 Å². The highest BCUT2D eigenvalue weighted by Gasteiger charge is 2.48. The average Bonchev–Trinajstić information content (AvgIpc) is 2.77. The molecular weight excluding hydrogens is 244 g/mol. The Hall–Kier alpha value is -0.0800. The third kappa shape index (κ3) is 2.78. The average molecular weight is 278 g/mol. The molecule has 2 heteroatoms. The highest BCUT2D eigenvalue weighted by Crippen LogP contribution is 2.42. The molecule has 3 fully saturated rings. The Balaban J connectivity index is 1.80. The zero-order valence-corrected chi connectivity index (χ0v) is 13.7. The van der Waals surface area contributed by atoms with Gasteiger partial charge in [0.15, 0.2) is 0 Å². The maximum Gasteiger partial charge on any atom is 0.0337 e. The number of hydrogen-bond donors (Lipinski definition) is 1. The first-order valence-electron chi connectivity index (χ1n) is 9.19. The van der Waals surface area contributed by atoms with Crippen LogP contribution in [-0.4, -0.2) is 35.1 Å². The summed E-state index contributed by atoms with van der Waals surface area (Å²) in [7, 11) is 0. The van der Waals surface area contributed by atoms with Crippen LogP contribution in [-0.2, 0) is 0 Å². The van der Waals surface area contributed by atoms with E-state index in [9.17, 15) is 0 Å². The Morgan fingerprint density at radius 1 is 1.00 bits per heavy atom. The summed E-state index contributed by atoms with van der Waals surface area (Å²) >= 11 is 0. The van der Waals surface area contributed by atoms with Gasteiger partial charge in [0.2, 0.25) is 0 Å². The molecule has 1 spiro atoms. The van der Waals surface area contributed by atoms with E-state index in [4.69, 9.17) is 0 Å². The number of nitrogens with one attached hydrogen (secondary N) is 1. The van der Waals surface area contributed by atoms with E-state index in [2.05, 4.69) is 24.1 Å². The summed E-state index contributed by atoms with van der Waals surface area (Å²) in [5.41, 5.74) is 0.865. The van der Waals surface area contributed by atoms with Crippen LogP contribution in [0, 0.1) is 0 Å². The maximum atomic E-state index is 3.92. The molecule has 1 atom stereocenters. The van der Waals surface area contributed by atoms with Gasteiger partial charge in [-0.1, -0.05) is 45.4 Å². The van der Waals surface area contributed by atoms with Crippen molar-refractivity contribution in [3.63, 3.8) is 0 Å². The fourth-order valence-electron chi connectivity index (χ4n) is 4.90. The van der Waals surface area contributed by atoms with Crippen LogP contribution in [0.5, 0.6) is 0 Å². The molecule has 1 N–H and O–H groups in total. The lowest BCUT2D eigenvalue weighted by Crippen LogP contribution is -2.70. The smallest absolute Gasteiger partial charge is 0.0337 e. The Kier molecular flexibility index (Phi) is 4.42. The van der Waals surface area contributed by atoms with Gasteiger partial charge < -0.3 is 5.32 Å². The minimum absolute atomic E-state index is 0.347. The van der Waals surface area contributed by atoms with E-state index >= 15 is 0 Å². The van der Waals surface area contributed by atoms with Gasteiger partial charge in [-0.15, -0.1) is 0 Å². The summed E-state index contributed by atoms with van der Waals surface area (Å²) in [6, 6.07) is 0.878. The van der Waals surface area contributed by atoms with Crippen molar-refractivity contribution in [2.24, 2.45) is 0 Å². The zero-order valence-electron chi connectivity index (χ0n) is 13.7. The van der Waals surface area contributed by atoms with E-state index < -0.39 is 0 Å². The lowest BCUT2D eigenvalue weighted by molar-refractivity contribution is -0.0255. The van der Waals surface area contributed by atoms with E-state index in [1.165, 1.54) is 83.7 Å². The molecule has 2 saturated carbocycles. The number of nitrogens with zero attached hydrogens (tertiary/aromatic N) is 1. The van der Waals surface area contributed by atoms with Gasteiger partial charge in [-0.3, -0.25) is 4.90 Å². The molecule has 20 heavy (non-hydrogen) atoms. The predicted octanol–water partition coefficient (Wildman–Crippen LogP) is 4.10. The third-order valence-electron chi connectivity index (χ3n) is 6.55. The molecule has 0 aromatic carbocycles. The van der Waals surface area contributed by atoms with Crippen LogP contribution in [0.3, 0.4) is 0 Å². The van der Waals surface area contributed by atoms with E-state index in [0.29, 0.717) is 11.1 Å². The standard InChI is InChI=1S/C18H34N2/c1-3-17(2)15-20(16-10-6-4-5-7-11-16)18(14-19-17)12-8-9-13-18/h16,19H,3-15H2,1-2H3. The molecule has 3 rings (SSSR count). The van der Waals surface area contributed by atoms with Crippen LogP contribution in [0.1, 0.15) is 84.5 Å². The molecule has 0 amide bonds. The number of rotatable bonds is 2. The van der Waals surface area contributed by atoms with Gasteiger partial charge in [0, 0.05) is 30.2 Å². The summed E-state index contributed by atoms with van der Waals surface area (Å²) in [6.07, 6.45) is 15.8. The van der Waals surface area contributed by atoms with E-state index in [1.807, 2.05) is 0 Å². The molecule has 0 aromatic rings. The monoisotopic (exact) mass is 278 g/mol. The topological polar surface area (TPSA) is 15.3 Å². The van der Waals surface area contributed by atoms with Crippen LogP contribution < -0.4 is 5.32 Å². The summed E-state index contributed by atoms with van der Waals surface area (Å²) in [5.74, 6) is 0. The van der Waals surface area contributed by atoms with Gasteiger partial charge in [0.25, 0.3) is 0 Å². The van der Waals surface area contributed by atoms with Crippen molar-refractivity contribution in [1.82, 2.24) is 10.2 Å². The van der Waals surface area contributed by atoms with Crippen LogP contribution in [0.25, 0.3) is 0 Å². The quantitative estimate of drug-likeness (QED) is 0.765. The number of hydrogen-bond acceptors (Lipinski definition) is 2. The normalized spacial score (nSPS) is 36.3. The highest BCUT2D eigenvalue weighted by molar-refractivity contribution is 5.07. The van der Waals surface area contributed by atoms with Crippen molar-refractivity contribution in [2.75, 3.05) is 13.1 Å². The fraction of sp³-hybridized carbons (Fsp3) is 1.00. The first-order chi connectivity index (χ1) is 9.68. The van der Waals surface area contributed by atoms with Crippen molar-refractivity contribution in [2.45, 2.75) is 102 Å². The van der Waals surface area contributed by atoms with Gasteiger partial charge >= 0.3 is 0 Å². The molecular formula is C18H34N2. The molecule has 1 heterocycles. The fourth-order valence-corrected chi connectivity index (χ4v) is 4.90. The van der Waals surface area contributed by atoms with E-state index in [-0.39, 0.29) is 0 Å². The number of piperazine rings is 1. The molecule has 1 saturated heterocycles. The van der Waals surface area contributed by atoms with E-state index in [0.717, 1.165) is 6.04 Å². The van der Waals surface area contributed by atoms with Crippen molar-refractivity contribution in [1.29, 1.82) is 0 Å². The molecule has 116 valence electrons. The molecule has 1 unspecified atom stereocenters. The molecule has 0 bridgehead atoms. The Bertz CT molecular complexity index is 313. The van der Waals surface area contributed by atoms with Gasteiger partial charge in [-0.05, 0) is 39.0 Å². The lowest BCUT2D eigenvalue weighted by Gasteiger charge is -2.55. The second kappa shape index (κ2) is 5.96. The van der Waals surface area contributed by atoms with Crippen molar-refractivity contribution in [3.8, 4) is 0 Å². The van der Waals surface area contributed by atoms with Crippen LogP contribution in [0.4, 0.5) is 0 Å². The molecule has 2 aliphatic carbocycles. The Morgan fingerprint density at radius 3 is 2.25 bits per heavy atom. The van der Waals surface area contributed by atoms with Crippen molar-refractivity contribution in [3.05, 3.63) is 0 Å². The zero-order chi connectivity index (χ0) is 14.1. The van der Waals surface area contributed by atoms with Crippen LogP contribution in [0.15, 0.2) is 0 Å². The molecule has 0 radical (unpaired) electrons. The second-order valence-electron chi connectivity index (χ2n) is 7.97. The first kappa shape index (κ1) is 14.8. The van der Waals surface area contributed by atoms with Gasteiger partial charge in [0.05, 0.1) is 0 Å². The van der Waals surface area contributed by atoms with Gasteiger partial charge in [0.1, 0.15) is 0 Å². The highest BCUT2D eigenvalue weighted by atomic mass is 15.3. The summed E-state index contributed by atoms with van der Waals surface area (Å²) in [5, 5.41) is 3.92. The van der Waals surface area contributed by atoms with Gasteiger partial charge in [-0.2, -0.15) is 0 Å². The minimum atomic E-state index is 0.347. The molecule has 3 aliphatic rings. The van der Waals surface area contributed by atoms with Crippen LogP contribution >= 0.6 is 0 Å². The largest absolute Gasteiger partial charge is 0.308 e. The lowest BCUT2D eigenvalue weighted by atomic mass is 9.82. The molecule has 0 aromatic heterocycles.